The zero-order valence-electron chi connectivity index (χ0n) is 40.4. The Hall–Kier alpha value is -3.86. The Morgan fingerprint density at radius 1 is 0.641 bits per heavy atom. The van der Waals surface area contributed by atoms with Crippen LogP contribution in [0, 0.1) is 46.3 Å². The second kappa shape index (κ2) is 23.0. The van der Waals surface area contributed by atoms with Crippen molar-refractivity contribution in [2.45, 2.75) is 189 Å². The summed E-state index contributed by atoms with van der Waals surface area (Å²) in [7, 11) is 0. The first-order chi connectivity index (χ1) is 31.0. The fourth-order valence-corrected chi connectivity index (χ4v) is 13.2. The molecule has 0 aliphatic heterocycles. The van der Waals surface area contributed by atoms with E-state index in [1.807, 2.05) is 54.6 Å². The lowest BCUT2D eigenvalue weighted by atomic mass is 9.47. The molecule has 0 spiro atoms. The van der Waals surface area contributed by atoms with Gasteiger partial charge in [0.2, 0.25) is 0 Å². The third-order valence-electron chi connectivity index (χ3n) is 16.8. The Balaban J connectivity index is 0.705. The number of carbonyl (C=O) groups excluding carboxylic acids is 2. The van der Waals surface area contributed by atoms with Gasteiger partial charge in [-0.15, -0.1) is 0 Å². The molecule has 5 nitrogen and oxygen atoms in total. The molecule has 0 radical (unpaired) electrons. The van der Waals surface area contributed by atoms with E-state index < -0.39 is 0 Å². The highest BCUT2D eigenvalue weighted by Crippen LogP contribution is 2.67. The SMILES string of the molecule is CC(C)CCC[C@@H](C)[C@H]1CC[C@H]2[C@@H]3CC=C4C[C@@H](OC(=O)CCCCCCCCCCCC(=O)Oc5ccc(-c6ccc(OCc7ccccc7)cc6)cc5)CC[C@]4(C)[C@H]3CC[C@]12C. The molecule has 0 aromatic heterocycles. The number of allylic oxidation sites excluding steroid dienone is 1. The number of benzene rings is 3. The van der Waals surface area contributed by atoms with Gasteiger partial charge in [0.15, 0.2) is 0 Å². The van der Waals surface area contributed by atoms with Crippen LogP contribution in [-0.2, 0) is 20.9 Å². The van der Waals surface area contributed by atoms with E-state index in [0.29, 0.717) is 36.0 Å². The van der Waals surface area contributed by atoms with Crippen LogP contribution in [0.5, 0.6) is 11.5 Å². The van der Waals surface area contributed by atoms with Crippen LogP contribution in [0.3, 0.4) is 0 Å². The fourth-order valence-electron chi connectivity index (χ4n) is 13.2. The number of fused-ring (bicyclic) bond motifs is 5. The van der Waals surface area contributed by atoms with E-state index in [1.165, 1.54) is 83.5 Å². The number of hydrogen-bond donors (Lipinski definition) is 0. The molecule has 3 aromatic carbocycles. The predicted molar refractivity (Wildman–Crippen MR) is 262 cm³/mol. The lowest BCUT2D eigenvalue weighted by Crippen LogP contribution is -2.51. The molecule has 0 heterocycles. The summed E-state index contributed by atoms with van der Waals surface area (Å²) >= 11 is 0. The highest BCUT2D eigenvalue weighted by Gasteiger charge is 2.59. The highest BCUT2D eigenvalue weighted by molar-refractivity contribution is 5.73. The normalized spacial score (nSPS) is 26.6. The van der Waals surface area contributed by atoms with E-state index >= 15 is 0 Å². The quantitative estimate of drug-likeness (QED) is 0.0411. The lowest BCUT2D eigenvalue weighted by Gasteiger charge is -2.58. The van der Waals surface area contributed by atoms with Crippen molar-refractivity contribution in [2.75, 3.05) is 0 Å². The van der Waals surface area contributed by atoms with Crippen LogP contribution in [0.15, 0.2) is 90.5 Å². The number of carbonyl (C=O) groups is 2. The van der Waals surface area contributed by atoms with Crippen molar-refractivity contribution in [1.82, 2.24) is 0 Å². The van der Waals surface area contributed by atoms with Gasteiger partial charge in [0.05, 0.1) is 0 Å². The molecule has 8 atom stereocenters. The highest BCUT2D eigenvalue weighted by atomic mass is 16.5. The van der Waals surface area contributed by atoms with Gasteiger partial charge in [0.1, 0.15) is 24.2 Å². The number of esters is 2. The average molecular weight is 871 g/mol. The minimum atomic E-state index is -0.168. The van der Waals surface area contributed by atoms with Crippen molar-refractivity contribution >= 4 is 11.9 Å². The second-order valence-corrected chi connectivity index (χ2v) is 21.6. The first kappa shape index (κ1) is 48.1. The molecule has 4 aliphatic rings. The van der Waals surface area contributed by atoms with E-state index in [-0.39, 0.29) is 18.0 Å². The number of hydrogen-bond acceptors (Lipinski definition) is 5. The third kappa shape index (κ3) is 12.5. The molecule has 3 saturated carbocycles. The summed E-state index contributed by atoms with van der Waals surface area (Å²) < 4.78 is 17.7. The molecule has 0 unspecified atom stereocenters. The van der Waals surface area contributed by atoms with Crippen molar-refractivity contribution in [3.8, 4) is 22.6 Å². The van der Waals surface area contributed by atoms with E-state index in [2.05, 4.69) is 65.0 Å². The summed E-state index contributed by atoms with van der Waals surface area (Å²) in [4.78, 5) is 25.5. The van der Waals surface area contributed by atoms with Gasteiger partial charge in [-0.3, -0.25) is 9.59 Å². The minimum absolute atomic E-state index is 0.0124. The molecule has 7 rings (SSSR count). The van der Waals surface area contributed by atoms with Crippen LogP contribution in [0.2, 0.25) is 0 Å². The average Bonchev–Trinajstić information content (AvgIpc) is 3.65. The molecule has 3 aromatic rings. The predicted octanol–water partition coefficient (Wildman–Crippen LogP) is 16.1. The third-order valence-corrected chi connectivity index (χ3v) is 16.8. The standard InChI is InChI=1S/C59H82O5/c1-43(2)19-18-20-44(3)53-35-36-54-52-34-29-48-41-51(37-39-58(48,4)55(52)38-40-59(53,54)5)64-57(61)24-17-12-10-8-6-7-9-11-16-23-56(60)63-50-32-27-47(28-33-50)46-25-30-49(31-26-46)62-42-45-21-14-13-15-22-45/h13-15,21-22,25-33,43-44,51-55H,6-12,16-20,23-24,34-42H2,1-5H3/t44-,51+,52+,53-,54+,55+,58+,59-/m1/s1. The maximum Gasteiger partial charge on any atom is 0.311 e. The summed E-state index contributed by atoms with van der Waals surface area (Å²) in [5.74, 6) is 6.38. The van der Waals surface area contributed by atoms with Crippen molar-refractivity contribution in [2.24, 2.45) is 46.3 Å². The Kier molecular flexibility index (Phi) is 17.3. The molecule has 5 heteroatoms. The van der Waals surface area contributed by atoms with Crippen molar-refractivity contribution in [3.63, 3.8) is 0 Å². The molecule has 0 N–H and O–H groups in total. The van der Waals surface area contributed by atoms with Gasteiger partial charge in [0.25, 0.3) is 0 Å². The van der Waals surface area contributed by atoms with Gasteiger partial charge in [-0.1, -0.05) is 165 Å². The molecule has 4 aliphatic carbocycles. The fraction of sp³-hybridized carbons (Fsp3) is 0.627. The van der Waals surface area contributed by atoms with Gasteiger partial charge in [0, 0.05) is 19.3 Å². The second-order valence-electron chi connectivity index (χ2n) is 21.6. The monoisotopic (exact) mass is 871 g/mol. The van der Waals surface area contributed by atoms with Gasteiger partial charge < -0.3 is 14.2 Å². The van der Waals surface area contributed by atoms with E-state index in [1.54, 1.807) is 5.57 Å². The number of unbranched alkanes of at least 4 members (excludes halogenated alkanes) is 8. The van der Waals surface area contributed by atoms with Crippen LogP contribution in [0.1, 0.15) is 181 Å². The Bertz CT molecular complexity index is 1930. The summed E-state index contributed by atoms with van der Waals surface area (Å²) in [5, 5.41) is 0. The molecule has 3 fully saturated rings. The van der Waals surface area contributed by atoms with Gasteiger partial charge in [-0.2, -0.15) is 0 Å². The van der Waals surface area contributed by atoms with E-state index in [9.17, 15) is 9.59 Å². The number of rotatable bonds is 23. The molecule has 0 bridgehead atoms. The van der Waals surface area contributed by atoms with Gasteiger partial charge in [-0.25, -0.2) is 0 Å². The van der Waals surface area contributed by atoms with E-state index in [0.717, 1.165) is 103 Å². The zero-order chi connectivity index (χ0) is 44.9. The van der Waals surface area contributed by atoms with Crippen molar-refractivity contribution in [3.05, 3.63) is 96.1 Å². The maximum absolute atomic E-state index is 13.0. The van der Waals surface area contributed by atoms with E-state index in [4.69, 9.17) is 14.2 Å². The van der Waals surface area contributed by atoms with Gasteiger partial charge >= 0.3 is 11.9 Å². The molecular formula is C59H82O5. The van der Waals surface area contributed by atoms with Crippen molar-refractivity contribution < 1.29 is 23.8 Å². The summed E-state index contributed by atoms with van der Waals surface area (Å²) in [6.45, 7) is 13.1. The van der Waals surface area contributed by atoms with Crippen LogP contribution in [0.25, 0.3) is 11.1 Å². The molecule has 348 valence electrons. The minimum Gasteiger partial charge on any atom is -0.489 e. The smallest absolute Gasteiger partial charge is 0.311 e. The first-order valence-electron chi connectivity index (χ1n) is 26.0. The molecular weight excluding hydrogens is 789 g/mol. The molecule has 0 saturated heterocycles. The Morgan fingerprint density at radius 3 is 1.92 bits per heavy atom. The van der Waals surface area contributed by atoms with Crippen molar-refractivity contribution in [1.29, 1.82) is 0 Å². The topological polar surface area (TPSA) is 61.8 Å². The van der Waals surface area contributed by atoms with Crippen LogP contribution < -0.4 is 9.47 Å². The molecule has 64 heavy (non-hydrogen) atoms. The van der Waals surface area contributed by atoms with Gasteiger partial charge in [-0.05, 0) is 145 Å². The van der Waals surface area contributed by atoms with Crippen LogP contribution in [0.4, 0.5) is 0 Å². The first-order valence-corrected chi connectivity index (χ1v) is 26.0. The summed E-state index contributed by atoms with van der Waals surface area (Å²) in [6, 6.07) is 25.9. The largest absolute Gasteiger partial charge is 0.489 e. The Labute approximate surface area is 387 Å². The summed E-state index contributed by atoms with van der Waals surface area (Å²) in [6.07, 6.45) is 27.8. The Morgan fingerprint density at radius 2 is 1.27 bits per heavy atom. The van der Waals surface area contributed by atoms with Crippen LogP contribution >= 0.6 is 0 Å². The maximum atomic E-state index is 13.0. The lowest BCUT2D eigenvalue weighted by molar-refractivity contribution is -0.151. The zero-order valence-corrected chi connectivity index (χ0v) is 40.4. The molecule has 0 amide bonds. The number of ether oxygens (including phenoxy) is 3. The van der Waals surface area contributed by atoms with Crippen LogP contribution in [-0.4, -0.2) is 18.0 Å². The summed E-state index contributed by atoms with van der Waals surface area (Å²) in [5.41, 5.74) is 5.73.